The highest BCUT2D eigenvalue weighted by Gasteiger charge is 2.14. The van der Waals surface area contributed by atoms with Gasteiger partial charge in [0.1, 0.15) is 25.6 Å². The van der Waals surface area contributed by atoms with Crippen LogP contribution in [0.1, 0.15) is 38.3 Å². The second-order valence-corrected chi connectivity index (χ2v) is 6.06. The van der Waals surface area contributed by atoms with Crippen molar-refractivity contribution < 1.29 is 13.9 Å². The minimum Gasteiger partial charge on any atom is -0.491 e. The highest BCUT2D eigenvalue weighted by Crippen LogP contribution is 2.22. The molecule has 0 saturated heterocycles. The smallest absolute Gasteiger partial charge is 0.289 e. The second kappa shape index (κ2) is 9.42. The van der Waals surface area contributed by atoms with Gasteiger partial charge in [0.15, 0.2) is 10.8 Å². The van der Waals surface area contributed by atoms with Crippen molar-refractivity contribution in [3.05, 3.63) is 51.4 Å². The molecule has 0 fully saturated rings. The molecule has 0 saturated carbocycles. The lowest BCUT2D eigenvalue weighted by atomic mass is 10.2. The maximum absolute atomic E-state index is 12.3. The van der Waals surface area contributed by atoms with Gasteiger partial charge in [0.2, 0.25) is 0 Å². The number of halogens is 2. The fourth-order valence-corrected chi connectivity index (χ4v) is 2.62. The average Bonchev–Trinajstić information content (AvgIpc) is 2.61. The molecule has 0 bridgehead atoms. The van der Waals surface area contributed by atoms with Crippen molar-refractivity contribution in [3.63, 3.8) is 0 Å². The van der Waals surface area contributed by atoms with Gasteiger partial charge < -0.3 is 9.47 Å². The molecule has 0 amide bonds. The Balaban J connectivity index is 2.08. The molecule has 1 aromatic carbocycles. The van der Waals surface area contributed by atoms with Crippen molar-refractivity contribution in [1.82, 2.24) is 9.78 Å². The zero-order valence-corrected chi connectivity index (χ0v) is 15.1. The third-order valence-corrected chi connectivity index (χ3v) is 4.02. The van der Waals surface area contributed by atoms with Crippen LogP contribution in [-0.2, 0) is 6.61 Å². The summed E-state index contributed by atoms with van der Waals surface area (Å²) in [4.78, 5) is 12.3. The molecule has 2 aromatic rings. The Bertz CT molecular complexity index is 751. The first-order valence-corrected chi connectivity index (χ1v) is 8.62. The van der Waals surface area contributed by atoms with E-state index in [0.717, 1.165) is 18.4 Å². The molecule has 0 aliphatic rings. The van der Waals surface area contributed by atoms with Gasteiger partial charge in [-0.15, -0.1) is 0 Å². The molecule has 5 nitrogen and oxygen atoms in total. The quantitative estimate of drug-likeness (QED) is 0.666. The normalized spacial score (nSPS) is 12.0. The lowest BCUT2D eigenvalue weighted by molar-refractivity contribution is 0.271. The predicted molar refractivity (Wildman–Crippen MR) is 95.4 cm³/mol. The summed E-state index contributed by atoms with van der Waals surface area (Å²) < 4.78 is 24.4. The molecule has 0 aliphatic carbocycles. The molecule has 25 heavy (non-hydrogen) atoms. The first-order chi connectivity index (χ1) is 12.1. The topological polar surface area (TPSA) is 53.4 Å². The minimum absolute atomic E-state index is 0.00816. The first kappa shape index (κ1) is 19.2. The van der Waals surface area contributed by atoms with E-state index >= 15 is 0 Å². The molecule has 0 radical (unpaired) electrons. The van der Waals surface area contributed by atoms with Crippen LogP contribution in [0.2, 0.25) is 5.02 Å². The van der Waals surface area contributed by atoms with E-state index < -0.39 is 6.67 Å². The summed E-state index contributed by atoms with van der Waals surface area (Å²) >= 11 is 6.14. The molecule has 7 heteroatoms. The Morgan fingerprint density at radius 2 is 2.16 bits per heavy atom. The van der Waals surface area contributed by atoms with Gasteiger partial charge >= 0.3 is 0 Å². The van der Waals surface area contributed by atoms with E-state index in [-0.39, 0.29) is 35.6 Å². The van der Waals surface area contributed by atoms with Gasteiger partial charge in [0.05, 0.1) is 12.2 Å². The number of alkyl halides is 1. The number of nitrogens with zero attached hydrogens (tertiary/aromatic N) is 2. The van der Waals surface area contributed by atoms with Gasteiger partial charge in [0, 0.05) is 0 Å². The molecule has 0 spiro atoms. The van der Waals surface area contributed by atoms with Crippen molar-refractivity contribution in [2.75, 3.05) is 13.3 Å². The molecular formula is C18H22ClFN2O3. The summed E-state index contributed by atoms with van der Waals surface area (Å²) in [7, 11) is 0. The molecule has 1 aromatic heterocycles. The summed E-state index contributed by atoms with van der Waals surface area (Å²) in [6.45, 7) is 3.63. The van der Waals surface area contributed by atoms with Crippen molar-refractivity contribution >= 4 is 11.6 Å². The number of rotatable bonds is 9. The predicted octanol–water partition coefficient (Wildman–Crippen LogP) is 4.19. The van der Waals surface area contributed by atoms with Crippen molar-refractivity contribution in [2.24, 2.45) is 0 Å². The van der Waals surface area contributed by atoms with E-state index in [4.69, 9.17) is 21.1 Å². The Labute approximate surface area is 151 Å². The first-order valence-electron chi connectivity index (χ1n) is 8.24. The molecule has 1 unspecified atom stereocenters. The van der Waals surface area contributed by atoms with Crippen LogP contribution in [0.3, 0.4) is 0 Å². The number of ether oxygens (including phenoxy) is 2. The average molecular weight is 369 g/mol. The fraction of sp³-hybridized carbons (Fsp3) is 0.444. The molecule has 1 atom stereocenters. The second-order valence-electron chi connectivity index (χ2n) is 5.68. The molecule has 1 heterocycles. The molecule has 0 aliphatic heterocycles. The maximum atomic E-state index is 12.3. The highest BCUT2D eigenvalue weighted by molar-refractivity contribution is 6.31. The summed E-state index contributed by atoms with van der Waals surface area (Å²) in [6.07, 6.45) is 3.25. The third kappa shape index (κ3) is 5.19. The highest BCUT2D eigenvalue weighted by atomic mass is 35.5. The van der Waals surface area contributed by atoms with E-state index in [2.05, 4.69) is 5.10 Å². The van der Waals surface area contributed by atoms with Gasteiger partial charge in [0.25, 0.3) is 5.56 Å². The van der Waals surface area contributed by atoms with Crippen LogP contribution in [0.25, 0.3) is 0 Å². The van der Waals surface area contributed by atoms with Crippen molar-refractivity contribution in [3.8, 4) is 11.5 Å². The largest absolute Gasteiger partial charge is 0.491 e. The lowest BCUT2D eigenvalue weighted by Crippen LogP contribution is -2.26. The third-order valence-electron chi connectivity index (χ3n) is 3.67. The number of benzene rings is 1. The summed E-state index contributed by atoms with van der Waals surface area (Å²) in [5.41, 5.74) is 0.455. The molecular weight excluding hydrogens is 347 g/mol. The van der Waals surface area contributed by atoms with Crippen LogP contribution in [0.4, 0.5) is 4.39 Å². The van der Waals surface area contributed by atoms with E-state index in [1.807, 2.05) is 19.9 Å². The maximum Gasteiger partial charge on any atom is 0.289 e. The minimum atomic E-state index is -0.547. The number of aromatic nitrogens is 2. The summed E-state index contributed by atoms with van der Waals surface area (Å²) in [5.74, 6) is 0.800. The van der Waals surface area contributed by atoms with Crippen LogP contribution in [0.5, 0.6) is 11.5 Å². The van der Waals surface area contributed by atoms with Crippen LogP contribution in [0, 0.1) is 0 Å². The fourth-order valence-electron chi connectivity index (χ4n) is 2.43. The molecule has 0 N–H and O–H groups in total. The Morgan fingerprint density at radius 1 is 1.36 bits per heavy atom. The SMILES string of the molecule is CCCC(C)n1ncc(OCc2cccc(OCCF)c2)c(Cl)c1=O. The zero-order valence-electron chi connectivity index (χ0n) is 14.4. The number of hydrogen-bond acceptors (Lipinski definition) is 4. The number of hydrogen-bond donors (Lipinski definition) is 0. The van der Waals surface area contributed by atoms with E-state index in [1.165, 1.54) is 10.9 Å². The van der Waals surface area contributed by atoms with E-state index in [9.17, 15) is 9.18 Å². The Morgan fingerprint density at radius 3 is 2.88 bits per heavy atom. The van der Waals surface area contributed by atoms with E-state index in [0.29, 0.717) is 5.75 Å². The van der Waals surface area contributed by atoms with Crippen LogP contribution < -0.4 is 15.0 Å². The van der Waals surface area contributed by atoms with Crippen LogP contribution >= 0.6 is 11.6 Å². The van der Waals surface area contributed by atoms with Crippen molar-refractivity contribution in [1.29, 1.82) is 0 Å². The van der Waals surface area contributed by atoms with Crippen LogP contribution in [-0.4, -0.2) is 23.1 Å². The molecule has 2 rings (SSSR count). The van der Waals surface area contributed by atoms with Gasteiger partial charge in [-0.1, -0.05) is 37.1 Å². The molecule has 136 valence electrons. The monoisotopic (exact) mass is 368 g/mol. The van der Waals surface area contributed by atoms with Gasteiger partial charge in [-0.3, -0.25) is 4.79 Å². The van der Waals surface area contributed by atoms with Crippen molar-refractivity contribution in [2.45, 2.75) is 39.3 Å². The Hall–Kier alpha value is -2.08. The zero-order chi connectivity index (χ0) is 18.2. The van der Waals surface area contributed by atoms with Gasteiger partial charge in [-0.05, 0) is 31.0 Å². The van der Waals surface area contributed by atoms with E-state index in [1.54, 1.807) is 18.2 Å². The lowest BCUT2D eigenvalue weighted by Gasteiger charge is -2.14. The Kier molecular flexibility index (Phi) is 7.25. The summed E-state index contributed by atoms with van der Waals surface area (Å²) in [6, 6.07) is 7.10. The summed E-state index contributed by atoms with van der Waals surface area (Å²) in [5, 5.41) is 4.17. The van der Waals surface area contributed by atoms with Gasteiger partial charge in [-0.25, -0.2) is 9.07 Å². The van der Waals surface area contributed by atoms with Gasteiger partial charge in [-0.2, -0.15) is 5.10 Å². The standard InChI is InChI=1S/C18H22ClFN2O3/c1-3-5-13(2)22-18(23)17(19)16(11-21-22)25-12-14-6-4-7-15(10-14)24-9-8-20/h4,6-7,10-11,13H,3,5,8-9,12H2,1-2H3. The van der Waals surface area contributed by atoms with Crippen LogP contribution in [0.15, 0.2) is 35.3 Å².